The van der Waals surface area contributed by atoms with Crippen LogP contribution < -0.4 is 0 Å². The van der Waals surface area contributed by atoms with Gasteiger partial charge in [0.15, 0.2) is 0 Å². The Morgan fingerprint density at radius 1 is 0.524 bits per heavy atom. The number of unbranched alkanes of at least 4 members (excludes halogenated alkanes) is 23. The third kappa shape index (κ3) is 33.2. The molecule has 2 atom stereocenters. The monoisotopic (exact) mass is 593 g/mol. The van der Waals surface area contributed by atoms with Gasteiger partial charge in [-0.15, -0.1) is 6.58 Å². The summed E-state index contributed by atoms with van der Waals surface area (Å²) in [6.07, 6.45) is 40.8. The lowest BCUT2D eigenvalue weighted by molar-refractivity contribution is -0.138. The van der Waals surface area contributed by atoms with Crippen LogP contribution >= 0.6 is 0 Å². The molecule has 0 saturated heterocycles. The second-order valence-electron chi connectivity index (χ2n) is 13.2. The standard InChI is InChI=1S/2C19H36O2/c1-2-3-4-10-13-17-16-18(17)14-11-8-6-5-7-9-12-15-19(20)21;1-2-3-4-5-6-7-8-9-10-11-12-13-14-15-16-17-18-19(20)21/h17-18H,2-16H2,1H3,(H,20,21);2H,1,3-18H2,(H,20,21)/t17-,18+;/m0./s1. The Hall–Kier alpha value is -1.32. The fraction of sp³-hybridized carbons (Fsp3) is 0.895. The van der Waals surface area contributed by atoms with Gasteiger partial charge in [-0.05, 0) is 43.9 Å². The summed E-state index contributed by atoms with van der Waals surface area (Å²) < 4.78 is 0. The minimum atomic E-state index is -0.657. The van der Waals surface area contributed by atoms with Gasteiger partial charge in [0.2, 0.25) is 0 Å². The normalized spacial score (nSPS) is 15.6. The van der Waals surface area contributed by atoms with Crippen LogP contribution in [0.3, 0.4) is 0 Å². The van der Waals surface area contributed by atoms with Gasteiger partial charge in [0.05, 0.1) is 0 Å². The lowest BCUT2D eigenvalue weighted by Crippen LogP contribution is -1.93. The molecule has 0 aliphatic heterocycles. The van der Waals surface area contributed by atoms with Crippen LogP contribution in [-0.2, 0) is 9.59 Å². The number of hydrogen-bond acceptors (Lipinski definition) is 2. The van der Waals surface area contributed by atoms with Crippen molar-refractivity contribution in [3.8, 4) is 0 Å². The number of carboxylic acids is 2. The van der Waals surface area contributed by atoms with Gasteiger partial charge >= 0.3 is 11.9 Å². The average molecular weight is 593 g/mol. The average Bonchev–Trinajstić information content (AvgIpc) is 3.72. The maximum absolute atomic E-state index is 10.4. The van der Waals surface area contributed by atoms with Crippen molar-refractivity contribution < 1.29 is 19.8 Å². The lowest BCUT2D eigenvalue weighted by Gasteiger charge is -2.03. The van der Waals surface area contributed by atoms with E-state index in [2.05, 4.69) is 13.5 Å². The maximum Gasteiger partial charge on any atom is 0.303 e. The van der Waals surface area contributed by atoms with Crippen LogP contribution in [-0.4, -0.2) is 22.2 Å². The van der Waals surface area contributed by atoms with Crippen molar-refractivity contribution in [3.05, 3.63) is 12.7 Å². The molecule has 4 nitrogen and oxygen atoms in total. The summed E-state index contributed by atoms with van der Waals surface area (Å²) in [5.41, 5.74) is 0. The van der Waals surface area contributed by atoms with Crippen molar-refractivity contribution >= 4 is 11.9 Å². The van der Waals surface area contributed by atoms with Gasteiger partial charge in [-0.3, -0.25) is 9.59 Å². The van der Waals surface area contributed by atoms with Crippen molar-refractivity contribution in [2.75, 3.05) is 0 Å². The van der Waals surface area contributed by atoms with Crippen molar-refractivity contribution in [2.24, 2.45) is 11.8 Å². The van der Waals surface area contributed by atoms with E-state index in [1.807, 2.05) is 6.08 Å². The number of rotatable bonds is 32. The predicted molar refractivity (Wildman–Crippen MR) is 181 cm³/mol. The topological polar surface area (TPSA) is 74.6 Å². The summed E-state index contributed by atoms with van der Waals surface area (Å²) in [6, 6.07) is 0. The van der Waals surface area contributed by atoms with Crippen LogP contribution in [0.25, 0.3) is 0 Å². The van der Waals surface area contributed by atoms with E-state index in [9.17, 15) is 9.59 Å². The van der Waals surface area contributed by atoms with Gasteiger partial charge in [-0.2, -0.15) is 0 Å². The first-order valence-corrected chi connectivity index (χ1v) is 18.6. The highest BCUT2D eigenvalue weighted by Crippen LogP contribution is 2.45. The number of hydrogen-bond donors (Lipinski definition) is 2. The smallest absolute Gasteiger partial charge is 0.303 e. The molecule has 4 heteroatoms. The summed E-state index contributed by atoms with van der Waals surface area (Å²) in [4.78, 5) is 20.7. The molecule has 0 aromatic carbocycles. The van der Waals surface area contributed by atoms with E-state index in [0.29, 0.717) is 12.8 Å². The van der Waals surface area contributed by atoms with Crippen molar-refractivity contribution in [3.63, 3.8) is 0 Å². The Bertz CT molecular complexity index is 602. The van der Waals surface area contributed by atoms with Crippen molar-refractivity contribution in [1.29, 1.82) is 0 Å². The summed E-state index contributed by atoms with van der Waals surface area (Å²) >= 11 is 0. The number of carbonyl (C=O) groups is 2. The predicted octanol–water partition coefficient (Wildman–Crippen LogP) is 12.7. The summed E-state index contributed by atoms with van der Waals surface area (Å²) in [5, 5.41) is 17.1. The van der Waals surface area contributed by atoms with Gasteiger partial charge in [-0.1, -0.05) is 167 Å². The molecule has 248 valence electrons. The van der Waals surface area contributed by atoms with Crippen molar-refractivity contribution in [2.45, 2.75) is 206 Å². The molecule has 1 rings (SSSR count). The minimum Gasteiger partial charge on any atom is -0.481 e. The number of allylic oxidation sites excluding steroid dienone is 1. The third-order valence-electron chi connectivity index (χ3n) is 9.01. The van der Waals surface area contributed by atoms with Crippen LogP contribution in [0.4, 0.5) is 0 Å². The summed E-state index contributed by atoms with van der Waals surface area (Å²) in [7, 11) is 0. The molecular weight excluding hydrogens is 520 g/mol. The SMILES string of the molecule is C=CCCCCCCCCCCCCCCCCC(=O)O.CCCCCC[C@H]1C[C@H]1CCCCCCCCCC(=O)O. The first-order valence-electron chi connectivity index (χ1n) is 18.6. The minimum absolute atomic E-state index is 0.341. The Morgan fingerprint density at radius 2 is 0.833 bits per heavy atom. The molecule has 0 aromatic rings. The van der Waals surface area contributed by atoms with E-state index in [4.69, 9.17) is 10.2 Å². The fourth-order valence-electron chi connectivity index (χ4n) is 6.10. The first-order chi connectivity index (χ1) is 20.5. The molecule has 0 unspecified atom stereocenters. The Labute approximate surface area is 261 Å². The second-order valence-corrected chi connectivity index (χ2v) is 13.2. The van der Waals surface area contributed by atoms with E-state index >= 15 is 0 Å². The van der Waals surface area contributed by atoms with E-state index < -0.39 is 11.9 Å². The highest BCUT2D eigenvalue weighted by molar-refractivity contribution is 5.66. The molecule has 0 heterocycles. The summed E-state index contributed by atoms with van der Waals surface area (Å²) in [5.74, 6) is 0.847. The molecule has 0 bridgehead atoms. The highest BCUT2D eigenvalue weighted by Gasteiger charge is 2.34. The molecule has 2 N–H and O–H groups in total. The molecule has 42 heavy (non-hydrogen) atoms. The van der Waals surface area contributed by atoms with Gasteiger partial charge in [0, 0.05) is 12.8 Å². The first kappa shape index (κ1) is 40.7. The molecule has 1 aliphatic carbocycles. The zero-order valence-electron chi connectivity index (χ0n) is 28.1. The summed E-state index contributed by atoms with van der Waals surface area (Å²) in [6.45, 7) is 6.03. The molecule has 0 aromatic heterocycles. The number of carboxylic acid groups (broad SMARTS) is 2. The highest BCUT2D eigenvalue weighted by atomic mass is 16.4. The molecule has 0 amide bonds. The zero-order valence-corrected chi connectivity index (χ0v) is 28.1. The van der Waals surface area contributed by atoms with E-state index in [0.717, 1.165) is 37.5 Å². The van der Waals surface area contributed by atoms with Crippen LogP contribution in [0.1, 0.15) is 206 Å². The van der Waals surface area contributed by atoms with Crippen LogP contribution in [0.2, 0.25) is 0 Å². The van der Waals surface area contributed by atoms with Crippen LogP contribution in [0.15, 0.2) is 12.7 Å². The molecule has 1 saturated carbocycles. The van der Waals surface area contributed by atoms with E-state index in [-0.39, 0.29) is 0 Å². The molecule has 1 fully saturated rings. The van der Waals surface area contributed by atoms with E-state index in [1.165, 1.54) is 161 Å². The molecule has 1 aliphatic rings. The fourth-order valence-corrected chi connectivity index (χ4v) is 6.10. The Kier molecular flexibility index (Phi) is 31.6. The van der Waals surface area contributed by atoms with Gasteiger partial charge in [-0.25, -0.2) is 0 Å². The maximum atomic E-state index is 10.4. The zero-order chi connectivity index (χ0) is 30.9. The lowest BCUT2D eigenvalue weighted by atomic mass is 10.0. The van der Waals surface area contributed by atoms with Gasteiger partial charge in [0.1, 0.15) is 0 Å². The van der Waals surface area contributed by atoms with Crippen LogP contribution in [0.5, 0.6) is 0 Å². The molecule has 0 spiro atoms. The van der Waals surface area contributed by atoms with E-state index in [1.54, 1.807) is 0 Å². The largest absolute Gasteiger partial charge is 0.481 e. The van der Waals surface area contributed by atoms with Crippen molar-refractivity contribution in [1.82, 2.24) is 0 Å². The Morgan fingerprint density at radius 3 is 1.17 bits per heavy atom. The molecular formula is C38H72O4. The third-order valence-corrected chi connectivity index (χ3v) is 9.01. The van der Waals surface area contributed by atoms with Gasteiger partial charge in [0.25, 0.3) is 0 Å². The number of aliphatic carboxylic acids is 2. The molecule has 0 radical (unpaired) electrons. The second kappa shape index (κ2) is 32.6. The Balaban J connectivity index is 0.000000800. The van der Waals surface area contributed by atoms with Gasteiger partial charge < -0.3 is 10.2 Å². The quantitative estimate of drug-likeness (QED) is 0.0602. The van der Waals surface area contributed by atoms with Crippen LogP contribution in [0, 0.1) is 11.8 Å².